The molecule has 1 unspecified atom stereocenters. The molecule has 0 saturated carbocycles. The molecule has 1 N–H and O–H groups in total. The normalized spacial score (nSPS) is 12.4. The Morgan fingerprint density at radius 1 is 1.29 bits per heavy atom. The van der Waals surface area contributed by atoms with E-state index in [1.165, 1.54) is 23.1 Å². The van der Waals surface area contributed by atoms with Crippen LogP contribution >= 0.6 is 0 Å². The molecule has 94 valence electrons. The molecule has 0 bridgehead atoms. The van der Waals surface area contributed by atoms with E-state index < -0.39 is 0 Å². The molecule has 1 aromatic carbocycles. The summed E-state index contributed by atoms with van der Waals surface area (Å²) in [7, 11) is 0. The molecule has 0 aliphatic rings. The number of hydrogen-bond donors (Lipinski definition) is 1. The number of hydrogen-bond acceptors (Lipinski definition) is 1. The van der Waals surface area contributed by atoms with E-state index in [1.54, 1.807) is 0 Å². The molecule has 17 heavy (non-hydrogen) atoms. The topological polar surface area (TPSA) is 12.0 Å². The van der Waals surface area contributed by atoms with Gasteiger partial charge in [-0.15, -0.1) is 6.58 Å². The Morgan fingerprint density at radius 3 is 2.47 bits per heavy atom. The van der Waals surface area contributed by atoms with Gasteiger partial charge in [-0.25, -0.2) is 0 Å². The van der Waals surface area contributed by atoms with Crippen LogP contribution in [-0.4, -0.2) is 12.6 Å². The lowest BCUT2D eigenvalue weighted by molar-refractivity contribution is 0.510. The molecule has 0 amide bonds. The Balaban J connectivity index is 2.74. The molecular weight excluding hydrogens is 206 g/mol. The summed E-state index contributed by atoms with van der Waals surface area (Å²) in [5.41, 5.74) is 4.29. The quantitative estimate of drug-likeness (QED) is 0.704. The van der Waals surface area contributed by atoms with Crippen LogP contribution in [-0.2, 0) is 6.42 Å². The molecule has 0 aliphatic heterocycles. The van der Waals surface area contributed by atoms with Crippen molar-refractivity contribution in [3.63, 3.8) is 0 Å². The van der Waals surface area contributed by atoms with Crippen molar-refractivity contribution >= 4 is 0 Å². The molecule has 0 spiro atoms. The SMILES string of the molecule is C=CCC(Cc1c(C)cccc1C)NCCC. The Hall–Kier alpha value is -1.08. The summed E-state index contributed by atoms with van der Waals surface area (Å²) in [5.74, 6) is 0. The van der Waals surface area contributed by atoms with Gasteiger partial charge in [0.25, 0.3) is 0 Å². The Labute approximate surface area is 106 Å². The molecule has 0 radical (unpaired) electrons. The van der Waals surface area contributed by atoms with Gasteiger partial charge in [0.2, 0.25) is 0 Å². The molecule has 1 heteroatoms. The lowest BCUT2D eigenvalue weighted by Gasteiger charge is -2.19. The van der Waals surface area contributed by atoms with E-state index in [1.807, 2.05) is 6.08 Å². The summed E-state index contributed by atoms with van der Waals surface area (Å²) in [6.45, 7) is 11.6. The van der Waals surface area contributed by atoms with E-state index in [2.05, 4.69) is 50.9 Å². The largest absolute Gasteiger partial charge is 0.313 e. The van der Waals surface area contributed by atoms with Crippen LogP contribution in [0.2, 0.25) is 0 Å². The fourth-order valence-corrected chi connectivity index (χ4v) is 2.21. The lowest BCUT2D eigenvalue weighted by atomic mass is 9.95. The van der Waals surface area contributed by atoms with Crippen LogP contribution in [0.5, 0.6) is 0 Å². The van der Waals surface area contributed by atoms with E-state index in [0.717, 1.165) is 19.4 Å². The van der Waals surface area contributed by atoms with Crippen molar-refractivity contribution in [2.24, 2.45) is 0 Å². The third-order valence-electron chi connectivity index (χ3n) is 3.23. The monoisotopic (exact) mass is 231 g/mol. The summed E-state index contributed by atoms with van der Waals surface area (Å²) in [4.78, 5) is 0. The smallest absolute Gasteiger partial charge is 0.0142 e. The maximum absolute atomic E-state index is 3.86. The second-order valence-corrected chi connectivity index (χ2v) is 4.75. The number of nitrogens with one attached hydrogen (secondary N) is 1. The Morgan fingerprint density at radius 2 is 1.94 bits per heavy atom. The highest BCUT2D eigenvalue weighted by molar-refractivity contribution is 5.34. The van der Waals surface area contributed by atoms with Gasteiger partial charge >= 0.3 is 0 Å². The van der Waals surface area contributed by atoms with Gasteiger partial charge in [0.15, 0.2) is 0 Å². The average Bonchev–Trinajstić information content (AvgIpc) is 2.31. The van der Waals surface area contributed by atoms with Crippen LogP contribution < -0.4 is 5.32 Å². The van der Waals surface area contributed by atoms with Crippen LogP contribution in [0.3, 0.4) is 0 Å². The number of benzene rings is 1. The highest BCUT2D eigenvalue weighted by Crippen LogP contribution is 2.16. The molecule has 1 rings (SSSR count). The molecule has 0 saturated heterocycles. The molecule has 0 fully saturated rings. The highest BCUT2D eigenvalue weighted by Gasteiger charge is 2.10. The first-order valence-corrected chi connectivity index (χ1v) is 6.58. The van der Waals surface area contributed by atoms with E-state index in [0.29, 0.717) is 6.04 Å². The first kappa shape index (κ1) is 14.0. The van der Waals surface area contributed by atoms with Gasteiger partial charge in [0, 0.05) is 6.04 Å². The third-order valence-corrected chi connectivity index (χ3v) is 3.23. The molecule has 0 aromatic heterocycles. The highest BCUT2D eigenvalue weighted by atomic mass is 14.9. The summed E-state index contributed by atoms with van der Waals surface area (Å²) in [5, 5.41) is 3.60. The van der Waals surface area contributed by atoms with E-state index in [9.17, 15) is 0 Å². The zero-order valence-electron chi connectivity index (χ0n) is 11.4. The maximum Gasteiger partial charge on any atom is 0.0142 e. The van der Waals surface area contributed by atoms with Crippen molar-refractivity contribution in [3.05, 3.63) is 47.5 Å². The van der Waals surface area contributed by atoms with Crippen LogP contribution in [0.4, 0.5) is 0 Å². The van der Waals surface area contributed by atoms with Crippen LogP contribution in [0, 0.1) is 13.8 Å². The Kier molecular flexibility index (Phi) is 5.99. The van der Waals surface area contributed by atoms with Crippen molar-refractivity contribution in [1.29, 1.82) is 0 Å². The third kappa shape index (κ3) is 4.35. The predicted octanol–water partition coefficient (Wildman–Crippen LogP) is 3.79. The Bertz CT molecular complexity index is 334. The van der Waals surface area contributed by atoms with E-state index in [4.69, 9.17) is 0 Å². The summed E-state index contributed by atoms with van der Waals surface area (Å²) >= 11 is 0. The van der Waals surface area contributed by atoms with Gasteiger partial charge in [0.05, 0.1) is 0 Å². The minimum atomic E-state index is 0.521. The van der Waals surface area contributed by atoms with E-state index in [-0.39, 0.29) is 0 Å². The van der Waals surface area contributed by atoms with Gasteiger partial charge in [-0.1, -0.05) is 31.2 Å². The molecule has 1 nitrogen and oxygen atoms in total. The standard InChI is InChI=1S/C16H25N/c1-5-8-15(17-11-6-2)12-16-13(3)9-7-10-14(16)4/h5,7,9-10,15,17H,1,6,8,11-12H2,2-4H3. The predicted molar refractivity (Wildman–Crippen MR) is 76.5 cm³/mol. The second kappa shape index (κ2) is 7.29. The molecule has 0 heterocycles. The van der Waals surface area contributed by atoms with Crippen molar-refractivity contribution in [2.45, 2.75) is 46.1 Å². The van der Waals surface area contributed by atoms with E-state index >= 15 is 0 Å². The molecule has 0 aliphatic carbocycles. The van der Waals surface area contributed by atoms with Crippen molar-refractivity contribution < 1.29 is 0 Å². The minimum Gasteiger partial charge on any atom is -0.313 e. The van der Waals surface area contributed by atoms with Gasteiger partial charge in [-0.3, -0.25) is 0 Å². The van der Waals surface area contributed by atoms with Crippen LogP contribution in [0.25, 0.3) is 0 Å². The van der Waals surface area contributed by atoms with Gasteiger partial charge in [0.1, 0.15) is 0 Å². The fraction of sp³-hybridized carbons (Fsp3) is 0.500. The summed E-state index contributed by atoms with van der Waals surface area (Å²) in [6.07, 6.45) is 5.33. The first-order valence-electron chi connectivity index (χ1n) is 6.58. The molecule has 1 atom stereocenters. The van der Waals surface area contributed by atoms with Crippen LogP contribution in [0.1, 0.15) is 36.5 Å². The summed E-state index contributed by atoms with van der Waals surface area (Å²) < 4.78 is 0. The lowest BCUT2D eigenvalue weighted by Crippen LogP contribution is -2.31. The summed E-state index contributed by atoms with van der Waals surface area (Å²) in [6, 6.07) is 7.06. The fourth-order valence-electron chi connectivity index (χ4n) is 2.21. The second-order valence-electron chi connectivity index (χ2n) is 4.75. The van der Waals surface area contributed by atoms with Gasteiger partial charge in [-0.05, 0) is 56.3 Å². The average molecular weight is 231 g/mol. The zero-order valence-corrected chi connectivity index (χ0v) is 11.4. The van der Waals surface area contributed by atoms with Gasteiger partial charge in [-0.2, -0.15) is 0 Å². The molecule has 1 aromatic rings. The molecular formula is C16H25N. The number of aryl methyl sites for hydroxylation is 2. The van der Waals surface area contributed by atoms with Crippen molar-refractivity contribution in [2.75, 3.05) is 6.54 Å². The zero-order chi connectivity index (χ0) is 12.7. The van der Waals surface area contributed by atoms with Gasteiger partial charge < -0.3 is 5.32 Å². The van der Waals surface area contributed by atoms with Crippen molar-refractivity contribution in [1.82, 2.24) is 5.32 Å². The maximum atomic E-state index is 3.86. The first-order chi connectivity index (χ1) is 8.19. The van der Waals surface area contributed by atoms with Crippen molar-refractivity contribution in [3.8, 4) is 0 Å². The number of rotatable bonds is 7. The minimum absolute atomic E-state index is 0.521. The van der Waals surface area contributed by atoms with Crippen LogP contribution in [0.15, 0.2) is 30.9 Å².